The van der Waals surface area contributed by atoms with Gasteiger partial charge in [0.15, 0.2) is 6.10 Å². The molecule has 0 saturated heterocycles. The van der Waals surface area contributed by atoms with Gasteiger partial charge < -0.3 is 14.2 Å². The minimum atomic E-state index is -0.759. The van der Waals surface area contributed by atoms with E-state index >= 15 is 0 Å². The Morgan fingerprint density at radius 3 is 0.925 bits per heavy atom. The number of esters is 3. The summed E-state index contributed by atoms with van der Waals surface area (Å²) in [6.45, 7) is 8.96. The Balaban J connectivity index is 4.33. The average molecular weight is 751 g/mol. The molecule has 1 atom stereocenters. The molecule has 0 N–H and O–H groups in total. The van der Waals surface area contributed by atoms with Gasteiger partial charge in [-0.1, -0.05) is 220 Å². The van der Waals surface area contributed by atoms with Crippen LogP contribution < -0.4 is 0 Å². The van der Waals surface area contributed by atoms with Gasteiger partial charge in [-0.05, 0) is 25.2 Å². The Hall–Kier alpha value is -1.59. The quantitative estimate of drug-likeness (QED) is 0.0351. The SMILES string of the molecule is CCCCCCCCCCCCCCCC(=O)O[C@H](COC(=O)CCCCCCCCCCCCC)COC(=O)CCCCCCCCCCC(C)C. The van der Waals surface area contributed by atoms with E-state index in [4.69, 9.17) is 14.2 Å². The van der Waals surface area contributed by atoms with Crippen molar-refractivity contribution < 1.29 is 28.6 Å². The molecule has 314 valence electrons. The summed E-state index contributed by atoms with van der Waals surface area (Å²) in [6, 6.07) is 0. The highest BCUT2D eigenvalue weighted by Gasteiger charge is 2.19. The molecule has 0 radical (unpaired) electrons. The molecule has 0 spiro atoms. The molecular formula is C47H90O6. The molecular weight excluding hydrogens is 661 g/mol. The van der Waals surface area contributed by atoms with Gasteiger partial charge in [-0.3, -0.25) is 14.4 Å². The van der Waals surface area contributed by atoms with Crippen LogP contribution in [0.1, 0.15) is 259 Å². The van der Waals surface area contributed by atoms with Crippen molar-refractivity contribution in [2.24, 2.45) is 5.92 Å². The molecule has 0 saturated carbocycles. The van der Waals surface area contributed by atoms with Crippen LogP contribution >= 0.6 is 0 Å². The molecule has 0 aromatic rings. The first-order valence-electron chi connectivity index (χ1n) is 23.4. The molecule has 0 aromatic heterocycles. The van der Waals surface area contributed by atoms with Crippen LogP contribution in [0, 0.1) is 5.92 Å². The van der Waals surface area contributed by atoms with Crippen molar-refractivity contribution in [1.82, 2.24) is 0 Å². The summed E-state index contributed by atoms with van der Waals surface area (Å²) < 4.78 is 16.7. The van der Waals surface area contributed by atoms with Gasteiger partial charge in [0.25, 0.3) is 0 Å². The highest BCUT2D eigenvalue weighted by molar-refractivity contribution is 5.71. The lowest BCUT2D eigenvalue weighted by Crippen LogP contribution is -2.30. The molecule has 0 heterocycles. The van der Waals surface area contributed by atoms with E-state index in [0.717, 1.165) is 63.7 Å². The largest absolute Gasteiger partial charge is 0.462 e. The molecule has 0 bridgehead atoms. The van der Waals surface area contributed by atoms with Gasteiger partial charge in [-0.2, -0.15) is 0 Å². The Morgan fingerprint density at radius 2 is 0.623 bits per heavy atom. The molecule has 0 fully saturated rings. The van der Waals surface area contributed by atoms with Crippen LogP contribution in [-0.4, -0.2) is 37.2 Å². The summed E-state index contributed by atoms with van der Waals surface area (Å²) in [4.78, 5) is 37.7. The number of carbonyl (C=O) groups excluding carboxylic acids is 3. The maximum Gasteiger partial charge on any atom is 0.306 e. The smallest absolute Gasteiger partial charge is 0.306 e. The van der Waals surface area contributed by atoms with E-state index in [1.165, 1.54) is 154 Å². The molecule has 6 nitrogen and oxygen atoms in total. The zero-order valence-electron chi connectivity index (χ0n) is 36.0. The first-order valence-corrected chi connectivity index (χ1v) is 23.4. The van der Waals surface area contributed by atoms with Gasteiger partial charge in [0.05, 0.1) is 0 Å². The first kappa shape index (κ1) is 51.4. The fourth-order valence-electron chi connectivity index (χ4n) is 6.98. The topological polar surface area (TPSA) is 78.9 Å². The standard InChI is InChI=1S/C47H90O6/c1-5-7-9-11-13-15-17-18-20-22-28-32-36-40-47(50)53-44(41-51-45(48)38-34-30-26-21-19-16-14-12-10-8-6-2)42-52-46(49)39-35-31-27-24-23-25-29-33-37-43(3)4/h43-44H,5-42H2,1-4H3/t44-/m1/s1. The summed E-state index contributed by atoms with van der Waals surface area (Å²) >= 11 is 0. The van der Waals surface area contributed by atoms with Gasteiger partial charge in [0, 0.05) is 19.3 Å². The molecule has 0 aliphatic rings. The molecule has 53 heavy (non-hydrogen) atoms. The number of carbonyl (C=O) groups is 3. The third-order valence-corrected chi connectivity index (χ3v) is 10.5. The van der Waals surface area contributed by atoms with Gasteiger partial charge in [0.1, 0.15) is 13.2 Å². The summed E-state index contributed by atoms with van der Waals surface area (Å²) in [7, 11) is 0. The maximum atomic E-state index is 12.7. The van der Waals surface area contributed by atoms with E-state index in [9.17, 15) is 14.4 Å². The number of hydrogen-bond donors (Lipinski definition) is 0. The average Bonchev–Trinajstić information content (AvgIpc) is 3.14. The lowest BCUT2D eigenvalue weighted by atomic mass is 10.0. The Morgan fingerprint density at radius 1 is 0.358 bits per heavy atom. The van der Waals surface area contributed by atoms with E-state index in [0.29, 0.717) is 19.3 Å². The van der Waals surface area contributed by atoms with Crippen LogP contribution in [-0.2, 0) is 28.6 Å². The van der Waals surface area contributed by atoms with Crippen molar-refractivity contribution in [3.05, 3.63) is 0 Å². The number of hydrogen-bond acceptors (Lipinski definition) is 6. The minimum absolute atomic E-state index is 0.0638. The lowest BCUT2D eigenvalue weighted by Gasteiger charge is -2.18. The normalized spacial score (nSPS) is 11.9. The number of rotatable bonds is 42. The monoisotopic (exact) mass is 751 g/mol. The molecule has 0 amide bonds. The van der Waals surface area contributed by atoms with Crippen molar-refractivity contribution in [3.63, 3.8) is 0 Å². The molecule has 0 aromatic carbocycles. The summed E-state index contributed by atoms with van der Waals surface area (Å²) in [5, 5.41) is 0. The second kappa shape index (κ2) is 41.6. The molecule has 0 aliphatic carbocycles. The molecule has 0 aliphatic heterocycles. The predicted octanol–water partition coefficient (Wildman–Crippen LogP) is 14.7. The second-order valence-corrected chi connectivity index (χ2v) is 16.5. The fourth-order valence-corrected chi connectivity index (χ4v) is 6.98. The zero-order chi connectivity index (χ0) is 38.9. The van der Waals surface area contributed by atoms with E-state index in [-0.39, 0.29) is 31.1 Å². The van der Waals surface area contributed by atoms with Crippen molar-refractivity contribution in [2.75, 3.05) is 13.2 Å². The van der Waals surface area contributed by atoms with Gasteiger partial charge in [-0.15, -0.1) is 0 Å². The van der Waals surface area contributed by atoms with Crippen LogP contribution in [0.25, 0.3) is 0 Å². The molecule has 0 unspecified atom stereocenters. The van der Waals surface area contributed by atoms with Gasteiger partial charge in [-0.25, -0.2) is 0 Å². The summed E-state index contributed by atoms with van der Waals surface area (Å²) in [6.07, 6.45) is 40.8. The first-order chi connectivity index (χ1) is 25.9. The van der Waals surface area contributed by atoms with E-state index in [2.05, 4.69) is 27.7 Å². The third-order valence-electron chi connectivity index (χ3n) is 10.5. The Bertz CT molecular complexity index is 796. The van der Waals surface area contributed by atoms with Gasteiger partial charge in [0.2, 0.25) is 0 Å². The summed E-state index contributed by atoms with van der Waals surface area (Å²) in [5.74, 6) is -0.0574. The van der Waals surface area contributed by atoms with E-state index in [1.807, 2.05) is 0 Å². The van der Waals surface area contributed by atoms with E-state index < -0.39 is 6.10 Å². The van der Waals surface area contributed by atoms with Crippen LogP contribution in [0.5, 0.6) is 0 Å². The second-order valence-electron chi connectivity index (χ2n) is 16.5. The Kier molecular flexibility index (Phi) is 40.3. The van der Waals surface area contributed by atoms with Crippen molar-refractivity contribution in [3.8, 4) is 0 Å². The van der Waals surface area contributed by atoms with Crippen LogP contribution in [0.15, 0.2) is 0 Å². The highest BCUT2D eigenvalue weighted by atomic mass is 16.6. The van der Waals surface area contributed by atoms with Crippen LogP contribution in [0.4, 0.5) is 0 Å². The minimum Gasteiger partial charge on any atom is -0.462 e. The summed E-state index contributed by atoms with van der Waals surface area (Å²) in [5.41, 5.74) is 0. The lowest BCUT2D eigenvalue weighted by molar-refractivity contribution is -0.167. The Labute approximate surface area is 329 Å². The predicted molar refractivity (Wildman–Crippen MR) is 224 cm³/mol. The third kappa shape index (κ3) is 41.4. The highest BCUT2D eigenvalue weighted by Crippen LogP contribution is 2.16. The van der Waals surface area contributed by atoms with Crippen LogP contribution in [0.3, 0.4) is 0 Å². The van der Waals surface area contributed by atoms with E-state index in [1.54, 1.807) is 0 Å². The number of unbranched alkanes of at least 4 members (excludes halogenated alkanes) is 29. The van der Waals surface area contributed by atoms with Crippen molar-refractivity contribution >= 4 is 17.9 Å². The van der Waals surface area contributed by atoms with Crippen molar-refractivity contribution in [1.29, 1.82) is 0 Å². The molecule has 6 heteroatoms. The maximum absolute atomic E-state index is 12.7. The molecule has 0 rings (SSSR count). The number of ether oxygens (including phenoxy) is 3. The van der Waals surface area contributed by atoms with Crippen molar-refractivity contribution in [2.45, 2.75) is 265 Å². The zero-order valence-corrected chi connectivity index (χ0v) is 36.0. The van der Waals surface area contributed by atoms with Gasteiger partial charge >= 0.3 is 17.9 Å². The van der Waals surface area contributed by atoms with Crippen LogP contribution in [0.2, 0.25) is 0 Å². The fraction of sp³-hybridized carbons (Fsp3) is 0.936.